The molecule has 46 heavy (non-hydrogen) atoms. The quantitative estimate of drug-likeness (QED) is 0.136. The summed E-state index contributed by atoms with van der Waals surface area (Å²) in [5, 5.41) is 19.3. The third-order valence-electron chi connectivity index (χ3n) is 7.32. The van der Waals surface area contributed by atoms with Crippen LogP contribution in [0.3, 0.4) is 0 Å². The molecule has 0 aliphatic carbocycles. The molecule has 0 saturated heterocycles. The summed E-state index contributed by atoms with van der Waals surface area (Å²) in [6.45, 7) is 0.870. The third-order valence-corrected chi connectivity index (χ3v) is 7.32. The molecule has 0 bridgehead atoms. The zero-order valence-corrected chi connectivity index (χ0v) is 24.9. The molecular formula is C35H33N5O6. The Labute approximate surface area is 265 Å². The number of hydrazone groups is 1. The first-order chi connectivity index (χ1) is 22.3. The maximum Gasteiger partial charge on any atom is 0.428 e. The molecule has 4 aromatic rings. The van der Waals surface area contributed by atoms with Crippen molar-refractivity contribution >= 4 is 41.5 Å². The van der Waals surface area contributed by atoms with Gasteiger partial charge in [-0.05, 0) is 52.9 Å². The Kier molecular flexibility index (Phi) is 10.4. The Morgan fingerprint density at radius 2 is 1.63 bits per heavy atom. The van der Waals surface area contributed by atoms with E-state index in [1.807, 2.05) is 66.7 Å². The van der Waals surface area contributed by atoms with Gasteiger partial charge in [0.2, 0.25) is 5.91 Å². The lowest BCUT2D eigenvalue weighted by Crippen LogP contribution is -2.42. The number of benzene rings is 4. The maximum absolute atomic E-state index is 13.3. The van der Waals surface area contributed by atoms with Gasteiger partial charge in [-0.25, -0.2) is 10.2 Å². The molecule has 11 nitrogen and oxygen atoms in total. The Morgan fingerprint density at radius 1 is 0.935 bits per heavy atom. The number of carbonyl (C=O) groups excluding carboxylic acids is 3. The Morgan fingerprint density at radius 3 is 2.33 bits per heavy atom. The van der Waals surface area contributed by atoms with Crippen molar-refractivity contribution in [3.05, 3.63) is 131 Å². The average Bonchev–Trinajstić information content (AvgIpc) is 3.19. The summed E-state index contributed by atoms with van der Waals surface area (Å²) in [4.78, 5) is 51.4. The monoisotopic (exact) mass is 619 g/mol. The third kappa shape index (κ3) is 8.79. The molecule has 0 aromatic heterocycles. The molecule has 11 heteroatoms. The Bertz CT molecular complexity index is 1710. The second-order valence-electron chi connectivity index (χ2n) is 10.7. The van der Waals surface area contributed by atoms with Gasteiger partial charge in [0.1, 0.15) is 12.6 Å². The second-order valence-corrected chi connectivity index (χ2v) is 10.7. The lowest BCUT2D eigenvalue weighted by atomic mass is 10.1. The first-order valence-electron chi connectivity index (χ1n) is 14.7. The van der Waals surface area contributed by atoms with Crippen LogP contribution in [0.1, 0.15) is 39.0 Å². The summed E-state index contributed by atoms with van der Waals surface area (Å²) in [6.07, 6.45) is 1.00. The molecule has 1 atom stereocenters. The normalized spacial score (nSPS) is 14.1. The summed E-state index contributed by atoms with van der Waals surface area (Å²) in [6, 6.07) is 30.0. The number of hydrogen-bond donors (Lipinski definition) is 4. The van der Waals surface area contributed by atoms with E-state index in [-0.39, 0.29) is 24.8 Å². The molecule has 0 saturated carbocycles. The molecule has 4 aromatic carbocycles. The molecule has 0 fully saturated rings. The molecule has 1 heterocycles. The van der Waals surface area contributed by atoms with E-state index in [1.165, 1.54) is 6.21 Å². The highest BCUT2D eigenvalue weighted by atomic mass is 16.6. The molecule has 1 aliphatic rings. The summed E-state index contributed by atoms with van der Waals surface area (Å²) in [5.41, 5.74) is 7.16. The van der Waals surface area contributed by atoms with E-state index in [9.17, 15) is 24.3 Å². The van der Waals surface area contributed by atoms with Crippen molar-refractivity contribution in [3.8, 4) is 0 Å². The van der Waals surface area contributed by atoms with Crippen molar-refractivity contribution in [3.63, 3.8) is 0 Å². The van der Waals surface area contributed by atoms with Crippen molar-refractivity contribution in [2.45, 2.75) is 32.0 Å². The van der Waals surface area contributed by atoms with Gasteiger partial charge in [0.05, 0.1) is 12.6 Å². The van der Waals surface area contributed by atoms with Crippen molar-refractivity contribution < 1.29 is 29.0 Å². The van der Waals surface area contributed by atoms with E-state index in [0.29, 0.717) is 42.0 Å². The number of carbonyl (C=O) groups is 4. The number of anilines is 2. The van der Waals surface area contributed by atoms with Gasteiger partial charge >= 0.3 is 12.1 Å². The number of nitrogens with one attached hydrogen (secondary N) is 3. The largest absolute Gasteiger partial charge is 0.481 e. The van der Waals surface area contributed by atoms with Gasteiger partial charge < -0.3 is 25.4 Å². The number of ether oxygens (including phenoxy) is 1. The van der Waals surface area contributed by atoms with Crippen LogP contribution in [0.15, 0.2) is 108 Å². The first-order valence-corrected chi connectivity index (χ1v) is 14.7. The zero-order chi connectivity index (χ0) is 32.3. The van der Waals surface area contributed by atoms with Gasteiger partial charge in [0, 0.05) is 30.0 Å². The maximum atomic E-state index is 13.3. The molecule has 234 valence electrons. The van der Waals surface area contributed by atoms with Crippen LogP contribution in [0.2, 0.25) is 0 Å². The van der Waals surface area contributed by atoms with E-state index in [4.69, 9.17) is 4.74 Å². The molecule has 1 aliphatic heterocycles. The number of hydrogen-bond acceptors (Lipinski definition) is 7. The molecule has 0 spiro atoms. The number of fused-ring (bicyclic) bond motifs is 1. The Balaban J connectivity index is 1.19. The highest BCUT2D eigenvalue weighted by Crippen LogP contribution is 2.28. The van der Waals surface area contributed by atoms with Crippen LogP contribution in [-0.2, 0) is 33.9 Å². The van der Waals surface area contributed by atoms with Crippen LogP contribution >= 0.6 is 0 Å². The van der Waals surface area contributed by atoms with Crippen LogP contribution in [0.25, 0.3) is 0 Å². The number of nitrogens with zero attached hydrogens (tertiary/aromatic N) is 2. The number of amides is 3. The smallest absolute Gasteiger partial charge is 0.428 e. The summed E-state index contributed by atoms with van der Waals surface area (Å²) >= 11 is 0. The van der Waals surface area contributed by atoms with Crippen LogP contribution in [0.4, 0.5) is 16.2 Å². The van der Waals surface area contributed by atoms with Gasteiger partial charge in [0.25, 0.3) is 5.91 Å². The minimum absolute atomic E-state index is 0.126. The average molecular weight is 620 g/mol. The second kappa shape index (κ2) is 15.2. The zero-order valence-electron chi connectivity index (χ0n) is 24.9. The predicted octanol–water partition coefficient (Wildman–Crippen LogP) is 5.04. The summed E-state index contributed by atoms with van der Waals surface area (Å²) < 4.78 is 5.11. The van der Waals surface area contributed by atoms with E-state index < -0.39 is 18.1 Å². The number of carboxylic acids is 1. The predicted molar refractivity (Wildman–Crippen MR) is 173 cm³/mol. The highest BCUT2D eigenvalue weighted by molar-refractivity contribution is 6.05. The minimum atomic E-state index is -1.09. The Hall–Kier alpha value is -5.97. The fourth-order valence-corrected chi connectivity index (χ4v) is 4.93. The van der Waals surface area contributed by atoms with Crippen LogP contribution in [-0.4, -0.2) is 52.7 Å². The standard InChI is InChI=1S/C35H33N5O6/c41-32(42)20-31-34(44)40(18-17-24-7-3-1-4-8-24)22-28-15-16-29(19-30(28)38-31)37-33(43)27-13-11-25(12-14-27)21-36-39-35(45)46-23-26-9-5-2-6-10-26/h1-16,19,21,31,38H,17-18,20,22-23H2,(H,37,43)(H,39,45)(H,41,42). The molecule has 3 amide bonds. The van der Waals surface area contributed by atoms with Crippen LogP contribution < -0.4 is 16.1 Å². The van der Waals surface area contributed by atoms with E-state index in [1.54, 1.807) is 41.3 Å². The van der Waals surface area contributed by atoms with Gasteiger partial charge in [-0.1, -0.05) is 78.9 Å². The van der Waals surface area contributed by atoms with Crippen molar-refractivity contribution in [1.82, 2.24) is 10.3 Å². The fourth-order valence-electron chi connectivity index (χ4n) is 4.93. The lowest BCUT2D eigenvalue weighted by molar-refractivity contribution is -0.141. The van der Waals surface area contributed by atoms with Gasteiger partial charge in [-0.2, -0.15) is 5.10 Å². The SMILES string of the molecule is O=C(O)CC1Nc2cc(NC(=O)c3ccc(C=NNC(=O)OCc4ccccc4)cc3)ccc2CN(CCc2ccccc2)C1=O. The van der Waals surface area contributed by atoms with E-state index in [2.05, 4.69) is 21.2 Å². The summed E-state index contributed by atoms with van der Waals surface area (Å²) in [5.74, 6) is -1.74. The molecule has 4 N–H and O–H groups in total. The first kappa shape index (κ1) is 31.5. The van der Waals surface area contributed by atoms with Crippen molar-refractivity contribution in [2.75, 3.05) is 17.2 Å². The van der Waals surface area contributed by atoms with Crippen molar-refractivity contribution in [1.29, 1.82) is 0 Å². The van der Waals surface area contributed by atoms with E-state index >= 15 is 0 Å². The minimum Gasteiger partial charge on any atom is -0.481 e. The fraction of sp³-hybridized carbons (Fsp3) is 0.171. The highest BCUT2D eigenvalue weighted by Gasteiger charge is 2.31. The molecule has 5 rings (SSSR count). The number of carboxylic acid groups (broad SMARTS) is 1. The molecular weight excluding hydrogens is 586 g/mol. The van der Waals surface area contributed by atoms with E-state index in [0.717, 1.165) is 16.7 Å². The molecule has 1 unspecified atom stereocenters. The van der Waals surface area contributed by atoms with Gasteiger partial charge in [-0.15, -0.1) is 0 Å². The number of rotatable bonds is 11. The lowest BCUT2D eigenvalue weighted by Gasteiger charge is -2.24. The molecule has 0 radical (unpaired) electrons. The van der Waals surface area contributed by atoms with Gasteiger partial charge in [-0.3, -0.25) is 14.4 Å². The summed E-state index contributed by atoms with van der Waals surface area (Å²) in [7, 11) is 0. The topological polar surface area (TPSA) is 149 Å². The van der Waals surface area contributed by atoms with Gasteiger partial charge in [0.15, 0.2) is 0 Å². The van der Waals surface area contributed by atoms with Crippen LogP contribution in [0, 0.1) is 0 Å². The van der Waals surface area contributed by atoms with Crippen molar-refractivity contribution in [2.24, 2.45) is 5.10 Å². The number of aliphatic carboxylic acids is 1. The van der Waals surface area contributed by atoms with Crippen LogP contribution in [0.5, 0.6) is 0 Å².